The molecule has 1 heterocycles. The monoisotopic (exact) mass is 261 g/mol. The number of hydrogen-bond acceptors (Lipinski definition) is 3. The van der Waals surface area contributed by atoms with Crippen LogP contribution in [0.3, 0.4) is 0 Å². The molecule has 0 aliphatic carbocycles. The molecule has 14 heavy (non-hydrogen) atoms. The largest absolute Gasteiger partial charge is 0.481 e. The number of rotatable bonds is 4. The molecule has 1 aromatic rings. The summed E-state index contributed by atoms with van der Waals surface area (Å²) in [5, 5.41) is 12.6. The fraction of sp³-hybridized carbons (Fsp3) is 0.500. The highest BCUT2D eigenvalue weighted by molar-refractivity contribution is 9.10. The minimum absolute atomic E-state index is 0.0734. The number of aromatic nitrogens is 2. The Balaban J connectivity index is 2.64. The lowest BCUT2D eigenvalue weighted by Crippen LogP contribution is -2.15. The first-order valence-corrected chi connectivity index (χ1v) is 4.97. The molecule has 0 radical (unpaired) electrons. The molecule has 0 fully saturated rings. The van der Waals surface area contributed by atoms with Crippen molar-refractivity contribution in [3.05, 3.63) is 16.4 Å². The highest BCUT2D eigenvalue weighted by Crippen LogP contribution is 2.18. The molecule has 1 atom stereocenters. The summed E-state index contributed by atoms with van der Waals surface area (Å²) in [5.41, 5.74) is 6.64. The maximum Gasteiger partial charge on any atom is 0.303 e. The van der Waals surface area contributed by atoms with Gasteiger partial charge in [0.25, 0.3) is 0 Å². The highest BCUT2D eigenvalue weighted by atomic mass is 79.9. The van der Waals surface area contributed by atoms with Gasteiger partial charge in [0.05, 0.1) is 5.69 Å². The van der Waals surface area contributed by atoms with E-state index in [1.165, 1.54) is 0 Å². The van der Waals surface area contributed by atoms with E-state index < -0.39 is 5.97 Å². The number of hydrogen-bond donors (Lipinski definition) is 2. The predicted molar refractivity (Wildman–Crippen MR) is 54.7 cm³/mol. The zero-order valence-electron chi connectivity index (χ0n) is 7.77. The summed E-state index contributed by atoms with van der Waals surface area (Å²) in [5.74, 6) is -0.832. The summed E-state index contributed by atoms with van der Waals surface area (Å²) in [4.78, 5) is 10.3. The van der Waals surface area contributed by atoms with Crippen molar-refractivity contribution >= 4 is 21.9 Å². The minimum Gasteiger partial charge on any atom is -0.481 e. The van der Waals surface area contributed by atoms with E-state index in [9.17, 15) is 4.79 Å². The zero-order valence-corrected chi connectivity index (χ0v) is 9.36. The second-order valence-electron chi connectivity index (χ2n) is 3.05. The van der Waals surface area contributed by atoms with Crippen LogP contribution in [0.5, 0.6) is 0 Å². The van der Waals surface area contributed by atoms with E-state index in [2.05, 4.69) is 21.0 Å². The van der Waals surface area contributed by atoms with Gasteiger partial charge in [0.1, 0.15) is 4.60 Å². The number of carbonyl (C=O) groups is 1. The van der Waals surface area contributed by atoms with Gasteiger partial charge in [-0.3, -0.25) is 9.48 Å². The molecule has 6 heteroatoms. The van der Waals surface area contributed by atoms with Gasteiger partial charge in [-0.25, -0.2) is 0 Å². The van der Waals surface area contributed by atoms with Crippen molar-refractivity contribution in [2.45, 2.75) is 18.9 Å². The number of carboxylic acids is 1. The maximum absolute atomic E-state index is 10.3. The van der Waals surface area contributed by atoms with Crippen molar-refractivity contribution in [3.8, 4) is 0 Å². The van der Waals surface area contributed by atoms with Gasteiger partial charge in [-0.2, -0.15) is 5.10 Å². The van der Waals surface area contributed by atoms with Gasteiger partial charge < -0.3 is 10.8 Å². The third-order valence-corrected chi connectivity index (χ3v) is 2.32. The molecular formula is C8H12BrN3O2. The Morgan fingerprint density at radius 2 is 2.50 bits per heavy atom. The van der Waals surface area contributed by atoms with E-state index in [-0.39, 0.29) is 12.5 Å². The van der Waals surface area contributed by atoms with Crippen molar-refractivity contribution in [2.75, 3.05) is 0 Å². The Hall–Kier alpha value is -0.880. The molecular weight excluding hydrogens is 250 g/mol. The van der Waals surface area contributed by atoms with E-state index in [0.717, 1.165) is 5.69 Å². The molecule has 78 valence electrons. The first-order valence-electron chi connectivity index (χ1n) is 4.17. The lowest BCUT2D eigenvalue weighted by atomic mass is 10.1. The van der Waals surface area contributed by atoms with Gasteiger partial charge >= 0.3 is 5.97 Å². The number of nitrogens with zero attached hydrogens (tertiary/aromatic N) is 2. The molecule has 0 saturated heterocycles. The normalized spacial score (nSPS) is 12.8. The Labute approximate surface area is 90.0 Å². The molecule has 0 spiro atoms. The van der Waals surface area contributed by atoms with Crippen LogP contribution in [-0.4, -0.2) is 20.9 Å². The first-order chi connectivity index (χ1) is 6.50. The molecule has 0 aliphatic heterocycles. The number of nitrogens with two attached hydrogens (primary N) is 1. The number of aryl methyl sites for hydroxylation is 1. The quantitative estimate of drug-likeness (QED) is 0.849. The molecule has 1 rings (SSSR count). The summed E-state index contributed by atoms with van der Waals surface area (Å²) >= 11 is 3.23. The molecule has 3 N–H and O–H groups in total. The highest BCUT2D eigenvalue weighted by Gasteiger charge is 2.13. The molecule has 1 unspecified atom stereocenters. The van der Waals surface area contributed by atoms with Gasteiger partial charge in [0, 0.05) is 19.5 Å². The standard InChI is InChI=1S/C8H12BrN3O2/c1-12-6(4-7(9)11-12)5(10)2-3-8(13)14/h4-5H,2-3,10H2,1H3,(H,13,14). The number of halogens is 1. The third kappa shape index (κ3) is 2.81. The molecule has 1 aromatic heterocycles. The van der Waals surface area contributed by atoms with E-state index in [4.69, 9.17) is 10.8 Å². The second kappa shape index (κ2) is 4.56. The Kier molecular flexibility index (Phi) is 3.65. The van der Waals surface area contributed by atoms with E-state index in [1.807, 2.05) is 0 Å². The fourth-order valence-electron chi connectivity index (χ4n) is 1.22. The van der Waals surface area contributed by atoms with Crippen molar-refractivity contribution < 1.29 is 9.90 Å². The van der Waals surface area contributed by atoms with Crippen LogP contribution in [0.15, 0.2) is 10.7 Å². The van der Waals surface area contributed by atoms with Crippen LogP contribution in [0.2, 0.25) is 0 Å². The van der Waals surface area contributed by atoms with Gasteiger partial charge in [-0.1, -0.05) is 0 Å². The van der Waals surface area contributed by atoms with Crippen molar-refractivity contribution in [1.82, 2.24) is 9.78 Å². The number of carboxylic acid groups (broad SMARTS) is 1. The lowest BCUT2D eigenvalue weighted by molar-refractivity contribution is -0.137. The summed E-state index contributed by atoms with van der Waals surface area (Å²) in [6, 6.07) is 1.52. The van der Waals surface area contributed by atoms with Gasteiger partial charge in [-0.15, -0.1) is 0 Å². The van der Waals surface area contributed by atoms with Gasteiger partial charge in [0.15, 0.2) is 0 Å². The zero-order chi connectivity index (χ0) is 10.7. The van der Waals surface area contributed by atoms with E-state index >= 15 is 0 Å². The topological polar surface area (TPSA) is 81.1 Å². The van der Waals surface area contributed by atoms with Crippen molar-refractivity contribution in [2.24, 2.45) is 12.8 Å². The predicted octanol–water partition coefficient (Wildman–Crippen LogP) is 1.05. The molecule has 5 nitrogen and oxygen atoms in total. The average Bonchev–Trinajstić information content (AvgIpc) is 2.41. The molecule has 0 aliphatic rings. The minimum atomic E-state index is -0.832. The Morgan fingerprint density at radius 1 is 1.86 bits per heavy atom. The van der Waals surface area contributed by atoms with Crippen LogP contribution < -0.4 is 5.73 Å². The van der Waals surface area contributed by atoms with Crippen molar-refractivity contribution in [3.63, 3.8) is 0 Å². The summed E-state index contributed by atoms with van der Waals surface area (Å²) in [6.45, 7) is 0. The van der Waals surface area contributed by atoms with E-state index in [1.54, 1.807) is 17.8 Å². The van der Waals surface area contributed by atoms with Crippen LogP contribution in [0.25, 0.3) is 0 Å². The summed E-state index contributed by atoms with van der Waals surface area (Å²) in [7, 11) is 1.78. The fourth-order valence-corrected chi connectivity index (χ4v) is 1.69. The third-order valence-electron chi connectivity index (χ3n) is 1.94. The van der Waals surface area contributed by atoms with Gasteiger partial charge in [0.2, 0.25) is 0 Å². The second-order valence-corrected chi connectivity index (χ2v) is 3.87. The number of aliphatic carboxylic acids is 1. The SMILES string of the molecule is Cn1nc(Br)cc1C(N)CCC(=O)O. The van der Waals surface area contributed by atoms with Crippen LogP contribution in [-0.2, 0) is 11.8 Å². The summed E-state index contributed by atoms with van der Waals surface area (Å²) in [6.07, 6.45) is 0.491. The maximum atomic E-state index is 10.3. The van der Waals surface area contributed by atoms with Crippen LogP contribution in [0.4, 0.5) is 0 Å². The van der Waals surface area contributed by atoms with Crippen molar-refractivity contribution in [1.29, 1.82) is 0 Å². The lowest BCUT2D eigenvalue weighted by Gasteiger charge is -2.09. The molecule has 0 amide bonds. The molecule has 0 bridgehead atoms. The van der Waals surface area contributed by atoms with Crippen LogP contribution in [0.1, 0.15) is 24.6 Å². The summed E-state index contributed by atoms with van der Waals surface area (Å²) < 4.78 is 2.36. The smallest absolute Gasteiger partial charge is 0.303 e. The Morgan fingerprint density at radius 3 is 2.93 bits per heavy atom. The average molecular weight is 262 g/mol. The van der Waals surface area contributed by atoms with Crippen LogP contribution in [0, 0.1) is 0 Å². The first kappa shape index (κ1) is 11.2. The van der Waals surface area contributed by atoms with Gasteiger partial charge in [-0.05, 0) is 28.4 Å². The van der Waals surface area contributed by atoms with Crippen LogP contribution >= 0.6 is 15.9 Å². The van der Waals surface area contributed by atoms with E-state index in [0.29, 0.717) is 11.0 Å². The molecule has 0 aromatic carbocycles. The molecule has 0 saturated carbocycles. The Bertz CT molecular complexity index is 337.